The van der Waals surface area contributed by atoms with E-state index in [4.69, 9.17) is 24.2 Å². The molecule has 1 fully saturated rings. The SMILES string of the molecule is COc1cc(/C=N/NC(=O)C(C)Oc2ccc(C#N)cc2)ccc1OCC(=O)N1CCOCC1. The maximum absolute atomic E-state index is 12.3. The number of carbonyl (C=O) groups excluding carboxylic acids is 2. The molecule has 0 radical (unpaired) electrons. The monoisotopic (exact) mass is 466 g/mol. The van der Waals surface area contributed by atoms with Gasteiger partial charge in [0.2, 0.25) is 0 Å². The molecule has 3 rings (SSSR count). The summed E-state index contributed by atoms with van der Waals surface area (Å²) in [6, 6.07) is 13.6. The molecule has 1 heterocycles. The van der Waals surface area contributed by atoms with E-state index >= 15 is 0 Å². The van der Waals surface area contributed by atoms with Gasteiger partial charge in [0.25, 0.3) is 11.8 Å². The normalized spacial score (nSPS) is 14.2. The van der Waals surface area contributed by atoms with Crippen LogP contribution in [-0.2, 0) is 14.3 Å². The minimum absolute atomic E-state index is 0.100. The summed E-state index contributed by atoms with van der Waals surface area (Å²) in [5.74, 6) is 0.778. The van der Waals surface area contributed by atoms with Crippen LogP contribution in [0, 0.1) is 11.3 Å². The van der Waals surface area contributed by atoms with E-state index in [9.17, 15) is 9.59 Å². The van der Waals surface area contributed by atoms with Gasteiger partial charge in [0.1, 0.15) is 5.75 Å². The summed E-state index contributed by atoms with van der Waals surface area (Å²) in [5.41, 5.74) is 3.58. The number of benzene rings is 2. The van der Waals surface area contributed by atoms with Crippen molar-refractivity contribution in [2.45, 2.75) is 13.0 Å². The molecule has 2 aromatic rings. The Balaban J connectivity index is 1.51. The average molecular weight is 466 g/mol. The number of amides is 2. The Morgan fingerprint density at radius 2 is 1.94 bits per heavy atom. The number of hydrogen-bond donors (Lipinski definition) is 1. The van der Waals surface area contributed by atoms with Crippen molar-refractivity contribution < 1.29 is 28.5 Å². The van der Waals surface area contributed by atoms with Crippen molar-refractivity contribution in [1.82, 2.24) is 10.3 Å². The molecule has 10 heteroatoms. The van der Waals surface area contributed by atoms with Crippen LogP contribution in [0.1, 0.15) is 18.1 Å². The van der Waals surface area contributed by atoms with Gasteiger partial charge in [-0.3, -0.25) is 9.59 Å². The summed E-state index contributed by atoms with van der Waals surface area (Å²) in [7, 11) is 1.50. The third kappa shape index (κ3) is 6.95. The number of ether oxygens (including phenoxy) is 4. The quantitative estimate of drug-likeness (QED) is 0.441. The predicted octanol–water partition coefficient (Wildman–Crippen LogP) is 1.72. The number of carbonyl (C=O) groups is 2. The summed E-state index contributed by atoms with van der Waals surface area (Å²) < 4.78 is 21.8. The second kappa shape index (κ2) is 12.2. The molecule has 2 aromatic carbocycles. The number of nitriles is 1. The Hall–Kier alpha value is -4.10. The first kappa shape index (κ1) is 24.5. The van der Waals surface area contributed by atoms with Crippen LogP contribution < -0.4 is 19.6 Å². The molecule has 0 bridgehead atoms. The fourth-order valence-corrected chi connectivity index (χ4v) is 3.05. The Labute approximate surface area is 197 Å². The fourth-order valence-electron chi connectivity index (χ4n) is 3.05. The summed E-state index contributed by atoms with van der Waals surface area (Å²) in [6.45, 7) is 3.66. The summed E-state index contributed by atoms with van der Waals surface area (Å²) in [5, 5.41) is 12.8. The molecule has 178 valence electrons. The zero-order chi connectivity index (χ0) is 24.3. The minimum atomic E-state index is -0.792. The summed E-state index contributed by atoms with van der Waals surface area (Å²) in [6.07, 6.45) is 0.664. The van der Waals surface area contributed by atoms with Crippen molar-refractivity contribution >= 4 is 18.0 Å². The van der Waals surface area contributed by atoms with Gasteiger partial charge in [0, 0.05) is 13.1 Å². The third-order valence-corrected chi connectivity index (χ3v) is 4.96. The second-order valence-corrected chi connectivity index (χ2v) is 7.32. The summed E-state index contributed by atoms with van der Waals surface area (Å²) >= 11 is 0. The molecule has 2 amide bonds. The molecule has 0 aromatic heterocycles. The molecule has 1 N–H and O–H groups in total. The fraction of sp³-hybridized carbons (Fsp3) is 0.333. The predicted molar refractivity (Wildman–Crippen MR) is 123 cm³/mol. The Kier molecular flexibility index (Phi) is 8.82. The van der Waals surface area contributed by atoms with Gasteiger partial charge in [-0.15, -0.1) is 0 Å². The first-order valence-electron chi connectivity index (χ1n) is 10.7. The van der Waals surface area contributed by atoms with Crippen LogP contribution in [0.2, 0.25) is 0 Å². The third-order valence-electron chi connectivity index (χ3n) is 4.96. The van der Waals surface area contributed by atoms with Crippen LogP contribution >= 0.6 is 0 Å². The van der Waals surface area contributed by atoms with Gasteiger partial charge < -0.3 is 23.8 Å². The number of rotatable bonds is 9. The highest BCUT2D eigenvalue weighted by atomic mass is 16.5. The van der Waals surface area contributed by atoms with E-state index in [1.54, 1.807) is 54.3 Å². The minimum Gasteiger partial charge on any atom is -0.493 e. The largest absolute Gasteiger partial charge is 0.493 e. The van der Waals surface area contributed by atoms with Gasteiger partial charge in [0.05, 0.1) is 38.2 Å². The van der Waals surface area contributed by atoms with Crippen LogP contribution in [0.5, 0.6) is 17.2 Å². The van der Waals surface area contributed by atoms with Gasteiger partial charge in [-0.2, -0.15) is 10.4 Å². The molecule has 0 aliphatic carbocycles. The van der Waals surface area contributed by atoms with E-state index in [1.165, 1.54) is 13.3 Å². The number of hydrogen-bond acceptors (Lipinski definition) is 8. The highest BCUT2D eigenvalue weighted by Gasteiger charge is 2.18. The topological polar surface area (TPSA) is 122 Å². The van der Waals surface area contributed by atoms with E-state index in [0.29, 0.717) is 54.7 Å². The van der Waals surface area contributed by atoms with Crippen LogP contribution in [0.3, 0.4) is 0 Å². The van der Waals surface area contributed by atoms with Crippen LogP contribution in [0.25, 0.3) is 0 Å². The van der Waals surface area contributed by atoms with Crippen molar-refractivity contribution in [2.24, 2.45) is 5.10 Å². The number of hydrazone groups is 1. The molecule has 34 heavy (non-hydrogen) atoms. The molecule has 1 aliphatic rings. The highest BCUT2D eigenvalue weighted by Crippen LogP contribution is 2.27. The van der Waals surface area contributed by atoms with Crippen LogP contribution in [0.4, 0.5) is 0 Å². The molecule has 0 spiro atoms. The van der Waals surface area contributed by atoms with Crippen molar-refractivity contribution in [2.75, 3.05) is 40.0 Å². The number of morpholine rings is 1. The van der Waals surface area contributed by atoms with Crippen LogP contribution in [0.15, 0.2) is 47.6 Å². The molecule has 1 unspecified atom stereocenters. The lowest BCUT2D eigenvalue weighted by molar-refractivity contribution is -0.137. The molecular weight excluding hydrogens is 440 g/mol. The van der Waals surface area contributed by atoms with Crippen molar-refractivity contribution in [3.63, 3.8) is 0 Å². The maximum atomic E-state index is 12.3. The zero-order valence-corrected chi connectivity index (χ0v) is 19.0. The molecule has 10 nitrogen and oxygen atoms in total. The number of nitrogens with one attached hydrogen (secondary N) is 1. The molecule has 1 saturated heterocycles. The zero-order valence-electron chi connectivity index (χ0n) is 19.0. The Morgan fingerprint density at radius 3 is 2.62 bits per heavy atom. The first-order valence-corrected chi connectivity index (χ1v) is 10.7. The van der Waals surface area contributed by atoms with Gasteiger partial charge in [-0.05, 0) is 55.0 Å². The van der Waals surface area contributed by atoms with Gasteiger partial charge >= 0.3 is 0 Å². The van der Waals surface area contributed by atoms with E-state index in [1.807, 2.05) is 6.07 Å². The Morgan fingerprint density at radius 1 is 1.21 bits per heavy atom. The maximum Gasteiger partial charge on any atom is 0.280 e. The lowest BCUT2D eigenvalue weighted by Gasteiger charge is -2.26. The Bertz CT molecular complexity index is 1060. The van der Waals surface area contributed by atoms with Crippen molar-refractivity contribution in [1.29, 1.82) is 5.26 Å². The van der Waals surface area contributed by atoms with Crippen LogP contribution in [-0.4, -0.2) is 69.1 Å². The summed E-state index contributed by atoms with van der Waals surface area (Å²) in [4.78, 5) is 26.2. The average Bonchev–Trinajstić information content (AvgIpc) is 2.88. The van der Waals surface area contributed by atoms with Gasteiger partial charge in [-0.25, -0.2) is 5.43 Å². The number of nitrogens with zero attached hydrogens (tertiary/aromatic N) is 3. The van der Waals surface area contributed by atoms with E-state index < -0.39 is 12.0 Å². The van der Waals surface area contributed by atoms with E-state index in [-0.39, 0.29) is 12.5 Å². The molecule has 1 atom stereocenters. The number of methoxy groups -OCH3 is 1. The van der Waals surface area contributed by atoms with Gasteiger partial charge in [0.15, 0.2) is 24.2 Å². The molecular formula is C24H26N4O6. The molecule has 1 aliphatic heterocycles. The smallest absolute Gasteiger partial charge is 0.280 e. The lowest BCUT2D eigenvalue weighted by Crippen LogP contribution is -2.43. The standard InChI is InChI=1S/C24H26N4O6/c1-17(34-20-6-3-18(14-25)4-7-20)24(30)27-26-15-19-5-8-21(22(13-19)31-2)33-16-23(29)28-9-11-32-12-10-28/h3-8,13,15,17H,9-12,16H2,1-2H3,(H,27,30)/b26-15+. The van der Waals surface area contributed by atoms with Gasteiger partial charge in [-0.1, -0.05) is 0 Å². The highest BCUT2D eigenvalue weighted by molar-refractivity contribution is 5.85. The van der Waals surface area contributed by atoms with Crippen molar-refractivity contribution in [3.05, 3.63) is 53.6 Å². The van der Waals surface area contributed by atoms with Crippen molar-refractivity contribution in [3.8, 4) is 23.3 Å². The lowest BCUT2D eigenvalue weighted by atomic mass is 10.2. The van der Waals surface area contributed by atoms with E-state index in [2.05, 4.69) is 10.5 Å². The van der Waals surface area contributed by atoms with E-state index in [0.717, 1.165) is 0 Å². The second-order valence-electron chi connectivity index (χ2n) is 7.32. The first-order chi connectivity index (χ1) is 16.5. The molecule has 0 saturated carbocycles.